The van der Waals surface area contributed by atoms with E-state index >= 15 is 0 Å². The molecule has 4 heteroatoms. The van der Waals surface area contributed by atoms with Crippen molar-refractivity contribution in [2.75, 3.05) is 20.7 Å². The standard InChI is InChI=1S/C22H31N3O/c1-14-6-18(4-5-19(14)26-3)22(13-25(2)20(23)24-22)21-10-15-7-16(11-21)9-17(8-15)12-21/h4-6,15-17H,7-13H2,1-3H3,(H2,23,24)/t15?,16?,17?,21?,22-/m1/s1. The fourth-order valence-corrected chi connectivity index (χ4v) is 7.24. The lowest BCUT2D eigenvalue weighted by molar-refractivity contribution is -0.0987. The van der Waals surface area contributed by atoms with E-state index in [-0.39, 0.29) is 11.0 Å². The summed E-state index contributed by atoms with van der Waals surface area (Å²) in [6.07, 6.45) is 8.34. The molecule has 26 heavy (non-hydrogen) atoms. The zero-order chi connectivity index (χ0) is 18.1. The predicted octanol–water partition coefficient (Wildman–Crippen LogP) is 3.68. The van der Waals surface area contributed by atoms with Crippen molar-refractivity contribution in [3.8, 4) is 5.75 Å². The molecule has 0 amide bonds. The van der Waals surface area contributed by atoms with E-state index in [4.69, 9.17) is 15.5 Å². The summed E-state index contributed by atoms with van der Waals surface area (Å²) in [6, 6.07) is 6.69. The summed E-state index contributed by atoms with van der Waals surface area (Å²) >= 11 is 0. The van der Waals surface area contributed by atoms with Gasteiger partial charge in [0.05, 0.1) is 13.7 Å². The summed E-state index contributed by atoms with van der Waals surface area (Å²) in [5.41, 5.74) is 8.97. The number of methoxy groups -OCH3 is 1. The molecule has 4 bridgehead atoms. The number of likely N-dealkylation sites (N-methyl/N-ethyl adjacent to an activating group) is 1. The number of rotatable bonds is 3. The molecule has 5 aliphatic rings. The van der Waals surface area contributed by atoms with Gasteiger partial charge in [-0.05, 0) is 86.5 Å². The molecule has 2 N–H and O–H groups in total. The van der Waals surface area contributed by atoms with Crippen molar-refractivity contribution in [3.05, 3.63) is 29.3 Å². The molecule has 4 nitrogen and oxygen atoms in total. The summed E-state index contributed by atoms with van der Waals surface area (Å²) in [6.45, 7) is 3.05. The first-order valence-corrected chi connectivity index (χ1v) is 10.2. The first-order valence-electron chi connectivity index (χ1n) is 10.2. The Hall–Kier alpha value is -1.71. The van der Waals surface area contributed by atoms with Crippen molar-refractivity contribution in [1.29, 1.82) is 0 Å². The van der Waals surface area contributed by atoms with E-state index in [1.807, 2.05) is 0 Å². The molecule has 4 saturated carbocycles. The Balaban J connectivity index is 1.66. The molecular formula is C22H31N3O. The first-order chi connectivity index (χ1) is 12.4. The molecule has 1 aromatic rings. The van der Waals surface area contributed by atoms with Gasteiger partial charge >= 0.3 is 0 Å². The molecule has 1 atom stereocenters. The van der Waals surface area contributed by atoms with Crippen molar-refractivity contribution < 1.29 is 4.74 Å². The van der Waals surface area contributed by atoms with Gasteiger partial charge in [0.25, 0.3) is 0 Å². The fourth-order valence-electron chi connectivity index (χ4n) is 7.24. The topological polar surface area (TPSA) is 50.9 Å². The third kappa shape index (κ3) is 2.10. The highest BCUT2D eigenvalue weighted by molar-refractivity contribution is 5.81. The van der Waals surface area contributed by atoms with Crippen molar-refractivity contribution in [1.82, 2.24) is 4.90 Å². The molecule has 6 rings (SSSR count). The van der Waals surface area contributed by atoms with Crippen LogP contribution in [-0.4, -0.2) is 31.6 Å². The molecule has 0 saturated heterocycles. The van der Waals surface area contributed by atoms with Crippen LogP contribution in [0, 0.1) is 30.1 Å². The lowest BCUT2D eigenvalue weighted by Gasteiger charge is -2.62. The first kappa shape index (κ1) is 16.5. The molecule has 1 aromatic carbocycles. The van der Waals surface area contributed by atoms with Crippen LogP contribution in [0.4, 0.5) is 0 Å². The molecule has 4 fully saturated rings. The highest BCUT2D eigenvalue weighted by Crippen LogP contribution is 2.67. The zero-order valence-electron chi connectivity index (χ0n) is 16.3. The largest absolute Gasteiger partial charge is 0.496 e. The lowest BCUT2D eigenvalue weighted by atomic mass is 9.44. The number of aryl methyl sites for hydroxylation is 1. The van der Waals surface area contributed by atoms with E-state index in [9.17, 15) is 0 Å². The number of benzene rings is 1. The second-order valence-electron chi connectivity index (χ2n) is 9.57. The number of hydrogen-bond acceptors (Lipinski definition) is 4. The monoisotopic (exact) mass is 353 g/mol. The highest BCUT2D eigenvalue weighted by atomic mass is 16.5. The van der Waals surface area contributed by atoms with Crippen molar-refractivity contribution in [2.24, 2.45) is 33.9 Å². The Bertz CT molecular complexity index is 735. The van der Waals surface area contributed by atoms with Crippen LogP contribution in [-0.2, 0) is 5.54 Å². The average Bonchev–Trinajstić information content (AvgIpc) is 2.90. The number of hydrogen-bond donors (Lipinski definition) is 1. The molecule has 0 spiro atoms. The van der Waals surface area contributed by atoms with Gasteiger partial charge in [-0.1, -0.05) is 6.07 Å². The van der Waals surface area contributed by atoms with Crippen LogP contribution in [0.2, 0.25) is 0 Å². The maximum Gasteiger partial charge on any atom is 0.192 e. The van der Waals surface area contributed by atoms with Gasteiger partial charge in [0.2, 0.25) is 0 Å². The number of ether oxygens (including phenoxy) is 1. The molecule has 0 radical (unpaired) electrons. The Morgan fingerprint density at radius 2 is 1.73 bits per heavy atom. The minimum atomic E-state index is -0.196. The van der Waals surface area contributed by atoms with Crippen molar-refractivity contribution in [2.45, 2.75) is 51.0 Å². The third-order valence-corrected chi connectivity index (χ3v) is 7.95. The Morgan fingerprint density at radius 3 is 2.19 bits per heavy atom. The lowest BCUT2D eigenvalue weighted by Crippen LogP contribution is -2.57. The molecular weight excluding hydrogens is 322 g/mol. The van der Waals surface area contributed by atoms with Gasteiger partial charge in [-0.3, -0.25) is 0 Å². The van der Waals surface area contributed by atoms with Gasteiger partial charge in [0.15, 0.2) is 5.96 Å². The highest BCUT2D eigenvalue weighted by Gasteiger charge is 2.63. The van der Waals surface area contributed by atoms with E-state index in [1.54, 1.807) is 7.11 Å². The van der Waals surface area contributed by atoms with Gasteiger partial charge in [0, 0.05) is 12.5 Å². The van der Waals surface area contributed by atoms with E-state index in [2.05, 4.69) is 37.1 Å². The maximum atomic E-state index is 6.36. The summed E-state index contributed by atoms with van der Waals surface area (Å²) in [4.78, 5) is 7.40. The van der Waals surface area contributed by atoms with E-state index < -0.39 is 0 Å². The normalized spacial score (nSPS) is 40.8. The van der Waals surface area contributed by atoms with Crippen LogP contribution in [0.3, 0.4) is 0 Å². The predicted molar refractivity (Wildman–Crippen MR) is 104 cm³/mol. The number of aliphatic imine (C=N–C) groups is 1. The minimum absolute atomic E-state index is 0.196. The van der Waals surface area contributed by atoms with E-state index in [1.165, 1.54) is 49.7 Å². The fraction of sp³-hybridized carbons (Fsp3) is 0.682. The zero-order valence-corrected chi connectivity index (χ0v) is 16.3. The SMILES string of the molecule is COc1ccc([C@@]2(C34CC5CC(CC(C5)C3)C4)CN(C)C(N)=N2)cc1C. The van der Waals surface area contributed by atoms with Crippen molar-refractivity contribution >= 4 is 5.96 Å². The van der Waals surface area contributed by atoms with Crippen LogP contribution in [0.5, 0.6) is 5.75 Å². The number of nitrogens with zero attached hydrogens (tertiary/aromatic N) is 2. The second-order valence-corrected chi connectivity index (χ2v) is 9.57. The number of nitrogens with two attached hydrogens (primary N) is 1. The summed E-state index contributed by atoms with van der Waals surface area (Å²) < 4.78 is 5.52. The molecule has 1 heterocycles. The third-order valence-electron chi connectivity index (χ3n) is 7.95. The quantitative estimate of drug-likeness (QED) is 0.902. The van der Waals surface area contributed by atoms with Crippen LogP contribution in [0.15, 0.2) is 23.2 Å². The van der Waals surface area contributed by atoms with E-state index in [0.717, 1.165) is 30.0 Å². The van der Waals surface area contributed by atoms with Crippen LogP contribution in [0.25, 0.3) is 0 Å². The Kier molecular flexibility index (Phi) is 3.42. The molecule has 0 aromatic heterocycles. The van der Waals surface area contributed by atoms with Gasteiger partial charge in [0.1, 0.15) is 11.3 Å². The molecule has 1 aliphatic heterocycles. The second kappa shape index (κ2) is 5.40. The summed E-state index contributed by atoms with van der Waals surface area (Å²) in [5, 5.41) is 0. The minimum Gasteiger partial charge on any atom is -0.496 e. The maximum absolute atomic E-state index is 6.36. The average molecular weight is 354 g/mol. The van der Waals surface area contributed by atoms with Gasteiger partial charge in [-0.25, -0.2) is 4.99 Å². The van der Waals surface area contributed by atoms with Crippen LogP contribution < -0.4 is 10.5 Å². The molecule has 0 unspecified atom stereocenters. The van der Waals surface area contributed by atoms with E-state index in [0.29, 0.717) is 5.96 Å². The Morgan fingerprint density at radius 1 is 1.12 bits per heavy atom. The smallest absolute Gasteiger partial charge is 0.192 e. The van der Waals surface area contributed by atoms with Gasteiger partial charge in [-0.2, -0.15) is 0 Å². The molecule has 140 valence electrons. The van der Waals surface area contributed by atoms with Crippen molar-refractivity contribution in [3.63, 3.8) is 0 Å². The van der Waals surface area contributed by atoms with Gasteiger partial charge < -0.3 is 15.4 Å². The number of guanidine groups is 1. The molecule has 4 aliphatic carbocycles. The van der Waals surface area contributed by atoms with Crippen LogP contribution in [0.1, 0.15) is 49.7 Å². The van der Waals surface area contributed by atoms with Gasteiger partial charge in [-0.15, -0.1) is 0 Å². The summed E-state index contributed by atoms with van der Waals surface area (Å²) in [7, 11) is 3.84. The Labute approximate surface area is 156 Å². The summed E-state index contributed by atoms with van der Waals surface area (Å²) in [5.74, 6) is 4.37. The van der Waals surface area contributed by atoms with Crippen LogP contribution >= 0.6 is 0 Å².